The van der Waals surface area contributed by atoms with Crippen LogP contribution in [0.2, 0.25) is 15.1 Å². The molecule has 1 heterocycles. The van der Waals surface area contributed by atoms with Crippen molar-refractivity contribution in [3.63, 3.8) is 0 Å². The minimum absolute atomic E-state index is 0.254. The van der Waals surface area contributed by atoms with Gasteiger partial charge in [0.15, 0.2) is 0 Å². The first-order valence-electron chi connectivity index (χ1n) is 5.13. The average molecular weight is 320 g/mol. The molecule has 100 valence electrons. The number of rotatable bonds is 2. The van der Waals surface area contributed by atoms with Crippen LogP contribution in [-0.2, 0) is 7.05 Å². The number of halogens is 3. The summed E-state index contributed by atoms with van der Waals surface area (Å²) < 4.78 is 1.39. The molecule has 0 aliphatic heterocycles. The van der Waals surface area contributed by atoms with Gasteiger partial charge in [0, 0.05) is 7.05 Å². The Morgan fingerprint density at radius 1 is 1.26 bits per heavy atom. The third-order valence-electron chi connectivity index (χ3n) is 2.49. The van der Waals surface area contributed by atoms with Crippen LogP contribution in [0, 0.1) is 0 Å². The van der Waals surface area contributed by atoms with Crippen LogP contribution in [0.4, 0.5) is 11.5 Å². The fraction of sp³-hybridized carbons (Fsp3) is 0.0909. The van der Waals surface area contributed by atoms with Crippen molar-refractivity contribution in [3.05, 3.63) is 39.0 Å². The summed E-state index contributed by atoms with van der Waals surface area (Å²) in [7, 11) is 1.64. The Bertz CT molecular complexity index is 654. The van der Waals surface area contributed by atoms with Crippen LogP contribution in [0.15, 0.2) is 18.3 Å². The molecule has 0 unspecified atom stereocenters. The molecule has 0 fully saturated rings. The fourth-order valence-corrected chi connectivity index (χ4v) is 2.02. The summed E-state index contributed by atoms with van der Waals surface area (Å²) in [6.45, 7) is 0. The highest BCUT2D eigenvalue weighted by atomic mass is 35.5. The molecule has 0 aliphatic carbocycles. The van der Waals surface area contributed by atoms with Gasteiger partial charge in [0.25, 0.3) is 5.91 Å². The number of carbonyl (C=O) groups is 1. The molecule has 5 nitrogen and oxygen atoms in total. The molecule has 1 amide bonds. The summed E-state index contributed by atoms with van der Waals surface area (Å²) in [6.07, 6.45) is 1.37. The van der Waals surface area contributed by atoms with E-state index in [2.05, 4.69) is 10.4 Å². The van der Waals surface area contributed by atoms with Gasteiger partial charge in [0.05, 0.1) is 27.0 Å². The van der Waals surface area contributed by atoms with Gasteiger partial charge >= 0.3 is 0 Å². The van der Waals surface area contributed by atoms with E-state index < -0.39 is 5.91 Å². The Balaban J connectivity index is 2.29. The van der Waals surface area contributed by atoms with E-state index in [0.29, 0.717) is 15.7 Å². The molecule has 0 spiro atoms. The van der Waals surface area contributed by atoms with Crippen LogP contribution in [0.25, 0.3) is 0 Å². The number of nitrogens with zero attached hydrogens (tertiary/aromatic N) is 2. The lowest BCUT2D eigenvalue weighted by molar-refractivity contribution is 0.102. The molecule has 0 aliphatic rings. The first-order chi connectivity index (χ1) is 8.90. The van der Waals surface area contributed by atoms with E-state index >= 15 is 0 Å². The zero-order chi connectivity index (χ0) is 14.2. The third-order valence-corrected chi connectivity index (χ3v) is 3.52. The molecular formula is C11H9Cl3N4O. The quantitative estimate of drug-likeness (QED) is 0.835. The number of hydrogen-bond acceptors (Lipinski definition) is 3. The zero-order valence-corrected chi connectivity index (χ0v) is 12.0. The summed E-state index contributed by atoms with van der Waals surface area (Å²) in [6, 6.07) is 2.92. The fourth-order valence-electron chi connectivity index (χ4n) is 1.43. The minimum Gasteiger partial charge on any atom is -0.383 e. The second-order valence-electron chi connectivity index (χ2n) is 3.77. The summed E-state index contributed by atoms with van der Waals surface area (Å²) >= 11 is 17.6. The maximum atomic E-state index is 12.0. The van der Waals surface area contributed by atoms with Crippen molar-refractivity contribution in [2.75, 3.05) is 11.1 Å². The van der Waals surface area contributed by atoms with Crippen LogP contribution in [-0.4, -0.2) is 15.7 Å². The number of nitrogens with two attached hydrogens (primary N) is 1. The zero-order valence-electron chi connectivity index (χ0n) is 9.75. The number of anilines is 2. The topological polar surface area (TPSA) is 72.9 Å². The molecule has 2 aromatic rings. The van der Waals surface area contributed by atoms with Gasteiger partial charge in [-0.2, -0.15) is 5.10 Å². The monoisotopic (exact) mass is 318 g/mol. The molecule has 1 aromatic heterocycles. The standard InChI is InChI=1S/C11H9Cl3N4O/c1-18-10(15)5(4-16-18)11(19)17-9-3-7(13)6(12)2-8(9)14/h2-4H,15H2,1H3,(H,17,19). The molecule has 1 aromatic carbocycles. The maximum Gasteiger partial charge on any atom is 0.261 e. The number of benzene rings is 1. The highest BCUT2D eigenvalue weighted by molar-refractivity contribution is 6.44. The number of aromatic nitrogens is 2. The molecule has 0 saturated heterocycles. The van der Waals surface area contributed by atoms with E-state index in [9.17, 15) is 4.79 Å². The second kappa shape index (κ2) is 5.28. The lowest BCUT2D eigenvalue weighted by Gasteiger charge is -2.08. The first kappa shape index (κ1) is 14.0. The van der Waals surface area contributed by atoms with Gasteiger partial charge in [0.1, 0.15) is 11.4 Å². The molecule has 3 N–H and O–H groups in total. The van der Waals surface area contributed by atoms with Crippen LogP contribution in [0.1, 0.15) is 10.4 Å². The van der Waals surface area contributed by atoms with E-state index in [1.165, 1.54) is 23.0 Å². The van der Waals surface area contributed by atoms with E-state index in [4.69, 9.17) is 40.5 Å². The molecule has 19 heavy (non-hydrogen) atoms. The molecule has 8 heteroatoms. The van der Waals surface area contributed by atoms with Crippen molar-refractivity contribution in [3.8, 4) is 0 Å². The van der Waals surface area contributed by atoms with Gasteiger partial charge in [-0.05, 0) is 12.1 Å². The first-order valence-corrected chi connectivity index (χ1v) is 6.27. The lowest BCUT2D eigenvalue weighted by atomic mass is 10.2. The second-order valence-corrected chi connectivity index (χ2v) is 4.99. The van der Waals surface area contributed by atoms with Crippen LogP contribution in [0.5, 0.6) is 0 Å². The summed E-state index contributed by atoms with van der Waals surface area (Å²) in [5.41, 5.74) is 6.31. The summed E-state index contributed by atoms with van der Waals surface area (Å²) in [4.78, 5) is 12.0. The van der Waals surface area contributed by atoms with Crippen molar-refractivity contribution in [2.24, 2.45) is 7.05 Å². The number of hydrogen-bond donors (Lipinski definition) is 2. The number of carbonyl (C=O) groups excluding carboxylic acids is 1. The smallest absolute Gasteiger partial charge is 0.261 e. The van der Waals surface area contributed by atoms with E-state index in [1.807, 2.05) is 0 Å². The lowest BCUT2D eigenvalue weighted by Crippen LogP contribution is -2.14. The molecule has 2 rings (SSSR count). The Morgan fingerprint density at radius 2 is 1.89 bits per heavy atom. The molecule has 0 radical (unpaired) electrons. The number of amides is 1. The van der Waals surface area contributed by atoms with Crippen molar-refractivity contribution in [2.45, 2.75) is 0 Å². The van der Waals surface area contributed by atoms with Gasteiger partial charge in [-0.15, -0.1) is 0 Å². The Kier molecular flexibility index (Phi) is 3.89. The molecule has 0 atom stereocenters. The van der Waals surface area contributed by atoms with Crippen LogP contribution in [0.3, 0.4) is 0 Å². The van der Waals surface area contributed by atoms with E-state index in [0.717, 1.165) is 0 Å². The Hall–Kier alpha value is -1.43. The molecule has 0 saturated carbocycles. The SMILES string of the molecule is Cn1ncc(C(=O)Nc2cc(Cl)c(Cl)cc2Cl)c1N. The minimum atomic E-state index is -0.425. The maximum absolute atomic E-state index is 12.0. The Labute approximate surface area is 124 Å². The van der Waals surface area contributed by atoms with E-state index in [1.54, 1.807) is 7.05 Å². The predicted octanol–water partition coefficient (Wildman–Crippen LogP) is 3.21. The van der Waals surface area contributed by atoms with Crippen molar-refractivity contribution < 1.29 is 4.79 Å². The van der Waals surface area contributed by atoms with Gasteiger partial charge in [-0.3, -0.25) is 9.48 Å². The van der Waals surface area contributed by atoms with Gasteiger partial charge in [-0.25, -0.2) is 0 Å². The largest absolute Gasteiger partial charge is 0.383 e. The Morgan fingerprint density at radius 3 is 2.47 bits per heavy atom. The van der Waals surface area contributed by atoms with Crippen molar-refractivity contribution >= 4 is 52.2 Å². The highest BCUT2D eigenvalue weighted by Crippen LogP contribution is 2.32. The number of aryl methyl sites for hydroxylation is 1. The van der Waals surface area contributed by atoms with Gasteiger partial charge in [0.2, 0.25) is 0 Å². The van der Waals surface area contributed by atoms with Crippen molar-refractivity contribution in [1.29, 1.82) is 0 Å². The molecular weight excluding hydrogens is 311 g/mol. The number of nitrogens with one attached hydrogen (secondary N) is 1. The van der Waals surface area contributed by atoms with E-state index in [-0.39, 0.29) is 16.4 Å². The van der Waals surface area contributed by atoms with Gasteiger partial charge in [-0.1, -0.05) is 34.8 Å². The number of nitrogen functional groups attached to an aromatic ring is 1. The highest BCUT2D eigenvalue weighted by Gasteiger charge is 2.16. The summed E-state index contributed by atoms with van der Waals surface area (Å²) in [5.74, 6) is -0.167. The van der Waals surface area contributed by atoms with Crippen LogP contribution < -0.4 is 11.1 Å². The van der Waals surface area contributed by atoms with Crippen molar-refractivity contribution in [1.82, 2.24) is 9.78 Å². The van der Waals surface area contributed by atoms with Gasteiger partial charge < -0.3 is 11.1 Å². The van der Waals surface area contributed by atoms with Crippen LogP contribution >= 0.6 is 34.8 Å². The molecule has 0 bridgehead atoms. The average Bonchev–Trinajstić information content (AvgIpc) is 2.67. The summed E-state index contributed by atoms with van der Waals surface area (Å²) in [5, 5.41) is 7.37. The third kappa shape index (κ3) is 2.78. The predicted molar refractivity (Wildman–Crippen MR) is 77.0 cm³/mol. The normalized spacial score (nSPS) is 10.5.